The molecule has 0 saturated carbocycles. The van der Waals surface area contributed by atoms with Gasteiger partial charge in [-0.1, -0.05) is 66.2 Å². The Hall–Kier alpha value is -3.61. The smallest absolute Gasteiger partial charge is 0.349 e. The van der Waals surface area contributed by atoms with E-state index in [2.05, 4.69) is 17.1 Å². The number of ether oxygens (including phenoxy) is 1. The number of thiophene rings is 1. The number of aromatic carboxylic acids is 1. The number of hydrogen-bond acceptors (Lipinski definition) is 4. The van der Waals surface area contributed by atoms with Gasteiger partial charge < -0.3 is 9.84 Å². The van der Waals surface area contributed by atoms with Gasteiger partial charge in [0.1, 0.15) is 23.2 Å². The van der Waals surface area contributed by atoms with E-state index in [-0.39, 0.29) is 4.88 Å². The third-order valence-electron chi connectivity index (χ3n) is 5.42. The molecule has 2 heterocycles. The molecule has 0 saturated heterocycles. The molecule has 5 aromatic rings. The van der Waals surface area contributed by atoms with Crippen molar-refractivity contribution in [2.75, 3.05) is 0 Å². The van der Waals surface area contributed by atoms with Gasteiger partial charge in [0.2, 0.25) is 0 Å². The van der Waals surface area contributed by atoms with Gasteiger partial charge in [0.25, 0.3) is 0 Å². The maximum atomic E-state index is 11.9. The van der Waals surface area contributed by atoms with E-state index in [1.807, 2.05) is 66.1 Å². The normalized spacial score (nSPS) is 12.1. The summed E-state index contributed by atoms with van der Waals surface area (Å²) in [6.45, 7) is 1.85. The molecule has 0 radical (unpaired) electrons. The maximum absolute atomic E-state index is 11.9. The Morgan fingerprint density at radius 3 is 2.55 bits per heavy atom. The topological polar surface area (TPSA) is 64.4 Å². The number of benzene rings is 3. The van der Waals surface area contributed by atoms with E-state index in [1.54, 1.807) is 18.5 Å². The summed E-state index contributed by atoms with van der Waals surface area (Å²) in [5.41, 5.74) is 4.70. The number of aromatic nitrogens is 2. The molecule has 0 amide bonds. The quantitative estimate of drug-likeness (QED) is 0.281. The minimum atomic E-state index is -1.04. The van der Waals surface area contributed by atoms with Crippen LogP contribution in [0.4, 0.5) is 0 Å². The summed E-state index contributed by atoms with van der Waals surface area (Å²) in [7, 11) is 0. The summed E-state index contributed by atoms with van der Waals surface area (Å²) < 4.78 is 7.94. The molecule has 0 aliphatic carbocycles. The van der Waals surface area contributed by atoms with Crippen LogP contribution in [0.2, 0.25) is 5.02 Å². The Bertz CT molecular complexity index is 1460. The molecule has 0 fully saturated rings. The lowest BCUT2D eigenvalue weighted by Crippen LogP contribution is -2.06. The van der Waals surface area contributed by atoms with E-state index < -0.39 is 12.1 Å². The van der Waals surface area contributed by atoms with E-state index in [4.69, 9.17) is 16.3 Å². The van der Waals surface area contributed by atoms with Crippen LogP contribution in [0.3, 0.4) is 0 Å². The second-order valence-corrected chi connectivity index (χ2v) is 8.99. The fourth-order valence-corrected chi connectivity index (χ4v) is 4.98. The number of hydrogen-bond donors (Lipinski definition) is 1. The van der Waals surface area contributed by atoms with Crippen molar-refractivity contribution in [1.29, 1.82) is 0 Å². The number of carboxylic acids is 1. The number of carboxylic acid groups (broad SMARTS) is 1. The van der Waals surface area contributed by atoms with Crippen molar-refractivity contribution < 1.29 is 14.6 Å². The van der Waals surface area contributed by atoms with Gasteiger partial charge in [-0.3, -0.25) is 4.57 Å². The second-order valence-electron chi connectivity index (χ2n) is 7.55. The van der Waals surface area contributed by atoms with Crippen molar-refractivity contribution in [3.05, 3.63) is 101 Å². The van der Waals surface area contributed by atoms with Crippen LogP contribution in [-0.4, -0.2) is 20.6 Å². The van der Waals surface area contributed by atoms with Gasteiger partial charge in [0.15, 0.2) is 4.88 Å². The molecule has 5 rings (SSSR count). The molecular formula is C26H19ClN2O3S. The summed E-state index contributed by atoms with van der Waals surface area (Å²) in [5, 5.41) is 11.1. The van der Waals surface area contributed by atoms with Crippen molar-refractivity contribution in [3.8, 4) is 21.9 Å². The average molecular weight is 475 g/mol. The lowest BCUT2D eigenvalue weighted by Gasteiger charge is -2.15. The molecule has 1 atom stereocenters. The van der Waals surface area contributed by atoms with Gasteiger partial charge in [-0.25, -0.2) is 9.78 Å². The van der Waals surface area contributed by atoms with E-state index in [0.29, 0.717) is 15.8 Å². The number of rotatable bonds is 6. The molecule has 164 valence electrons. The van der Waals surface area contributed by atoms with Crippen molar-refractivity contribution >= 4 is 39.9 Å². The molecule has 2 aromatic heterocycles. The molecule has 0 unspecified atom stereocenters. The lowest BCUT2D eigenvalue weighted by atomic mass is 10.1. The predicted octanol–water partition coefficient (Wildman–Crippen LogP) is 7.25. The lowest BCUT2D eigenvalue weighted by molar-refractivity contribution is 0.0696. The van der Waals surface area contributed by atoms with Crippen LogP contribution in [0.15, 0.2) is 85.2 Å². The Morgan fingerprint density at radius 2 is 1.79 bits per heavy atom. The van der Waals surface area contributed by atoms with Gasteiger partial charge in [0, 0.05) is 16.7 Å². The summed E-state index contributed by atoms with van der Waals surface area (Å²) in [4.78, 5) is 16.6. The zero-order valence-electron chi connectivity index (χ0n) is 17.6. The zero-order chi connectivity index (χ0) is 22.9. The Labute approximate surface area is 199 Å². The molecular weight excluding hydrogens is 456 g/mol. The Balaban J connectivity index is 1.51. The summed E-state index contributed by atoms with van der Waals surface area (Å²) in [6, 6.07) is 25.3. The molecule has 0 aliphatic heterocycles. The first-order valence-electron chi connectivity index (χ1n) is 10.3. The highest BCUT2D eigenvalue weighted by atomic mass is 35.5. The Kier molecular flexibility index (Phi) is 5.62. The van der Waals surface area contributed by atoms with Gasteiger partial charge >= 0.3 is 5.97 Å². The number of halogens is 1. The molecule has 0 spiro atoms. The fourth-order valence-electron chi connectivity index (χ4n) is 3.77. The van der Waals surface area contributed by atoms with Gasteiger partial charge in [-0.05, 0) is 36.2 Å². The van der Waals surface area contributed by atoms with Crippen LogP contribution in [-0.2, 0) is 0 Å². The van der Waals surface area contributed by atoms with E-state index in [0.717, 1.165) is 39.1 Å². The molecule has 3 aromatic carbocycles. The highest BCUT2D eigenvalue weighted by Crippen LogP contribution is 2.37. The number of fused-ring (bicyclic) bond motifs is 1. The first-order valence-corrected chi connectivity index (χ1v) is 11.5. The number of carbonyl (C=O) groups is 1. The third-order valence-corrected chi connectivity index (χ3v) is 6.87. The molecule has 7 heteroatoms. The summed E-state index contributed by atoms with van der Waals surface area (Å²) in [6.07, 6.45) is 1.30. The van der Waals surface area contributed by atoms with Crippen molar-refractivity contribution in [1.82, 2.24) is 9.55 Å². The van der Waals surface area contributed by atoms with E-state index in [9.17, 15) is 9.90 Å². The standard InChI is InChI=1S/C26H19ClN2O3S/c1-16(19-9-5-6-10-20(19)27)32-23-14-24(33-25(23)26(30)31)29-15-28-21-13-18(11-12-22(21)29)17-7-3-2-4-8-17/h2-16H,1H3,(H,30,31)/t16-/m1/s1. The van der Waals surface area contributed by atoms with Crippen LogP contribution in [0.5, 0.6) is 5.75 Å². The fraction of sp³-hybridized carbons (Fsp3) is 0.0769. The Morgan fingerprint density at radius 1 is 1.03 bits per heavy atom. The van der Waals surface area contributed by atoms with Gasteiger partial charge in [-0.2, -0.15) is 0 Å². The number of imidazole rings is 1. The van der Waals surface area contributed by atoms with Crippen LogP contribution in [0, 0.1) is 0 Å². The summed E-state index contributed by atoms with van der Waals surface area (Å²) in [5.74, 6) is -0.735. The van der Waals surface area contributed by atoms with Crippen LogP contribution in [0.25, 0.3) is 27.2 Å². The third kappa shape index (κ3) is 4.11. The first kappa shape index (κ1) is 21.2. The number of nitrogens with zero attached hydrogens (tertiary/aromatic N) is 2. The SMILES string of the molecule is C[C@@H](Oc1cc(-n2cnc3cc(-c4ccccc4)ccc32)sc1C(=O)O)c1ccccc1Cl. The highest BCUT2D eigenvalue weighted by Gasteiger charge is 2.22. The van der Waals surface area contributed by atoms with Crippen molar-refractivity contribution in [2.45, 2.75) is 13.0 Å². The second kappa shape index (κ2) is 8.73. The molecule has 33 heavy (non-hydrogen) atoms. The van der Waals surface area contributed by atoms with Gasteiger partial charge in [-0.15, -0.1) is 11.3 Å². The minimum Gasteiger partial charge on any atom is -0.484 e. The largest absolute Gasteiger partial charge is 0.484 e. The van der Waals surface area contributed by atoms with Crippen LogP contribution in [0.1, 0.15) is 28.3 Å². The van der Waals surface area contributed by atoms with E-state index >= 15 is 0 Å². The monoisotopic (exact) mass is 474 g/mol. The zero-order valence-corrected chi connectivity index (χ0v) is 19.2. The molecule has 1 N–H and O–H groups in total. The van der Waals surface area contributed by atoms with Crippen molar-refractivity contribution in [3.63, 3.8) is 0 Å². The minimum absolute atomic E-state index is 0.131. The van der Waals surface area contributed by atoms with Gasteiger partial charge in [0.05, 0.1) is 11.0 Å². The van der Waals surface area contributed by atoms with Crippen LogP contribution >= 0.6 is 22.9 Å². The maximum Gasteiger partial charge on any atom is 0.349 e. The molecule has 0 aliphatic rings. The predicted molar refractivity (Wildman–Crippen MR) is 132 cm³/mol. The summed E-state index contributed by atoms with van der Waals surface area (Å²) >= 11 is 7.44. The van der Waals surface area contributed by atoms with E-state index in [1.165, 1.54) is 0 Å². The first-order chi connectivity index (χ1) is 16.0. The molecule has 0 bridgehead atoms. The highest BCUT2D eigenvalue weighted by molar-refractivity contribution is 7.16. The molecule has 5 nitrogen and oxygen atoms in total. The van der Waals surface area contributed by atoms with Crippen LogP contribution < -0.4 is 4.74 Å². The average Bonchev–Trinajstić information content (AvgIpc) is 3.43. The van der Waals surface area contributed by atoms with Crippen molar-refractivity contribution in [2.24, 2.45) is 0 Å².